The lowest BCUT2D eigenvalue weighted by Crippen LogP contribution is -2.41. The van der Waals surface area contributed by atoms with Gasteiger partial charge in [-0.15, -0.1) is 0 Å². The minimum atomic E-state index is 0.305. The quantitative estimate of drug-likeness (QED) is 0.628. The molecule has 0 spiro atoms. The van der Waals surface area contributed by atoms with Crippen LogP contribution in [0, 0.1) is 5.41 Å². The first kappa shape index (κ1) is 14.1. The molecule has 2 fully saturated rings. The van der Waals surface area contributed by atoms with Crippen LogP contribution in [-0.4, -0.2) is 0 Å². The first-order valence-corrected chi connectivity index (χ1v) is 8.29. The number of hydrazine groups is 1. The Balaban J connectivity index is 1.92. The fraction of sp³-hybridized carbons (Fsp3) is 0.667. The molecule has 2 aliphatic carbocycles. The zero-order valence-electron chi connectivity index (χ0n) is 12.7. The Labute approximate surface area is 123 Å². The van der Waals surface area contributed by atoms with E-state index in [0.29, 0.717) is 11.5 Å². The van der Waals surface area contributed by atoms with Gasteiger partial charge >= 0.3 is 0 Å². The highest BCUT2D eigenvalue weighted by atomic mass is 15.2. The lowest BCUT2D eigenvalue weighted by atomic mass is 9.66. The average molecular weight is 272 g/mol. The number of hydrogen-bond donors (Lipinski definition) is 2. The maximum atomic E-state index is 6.00. The molecule has 0 saturated heterocycles. The smallest absolute Gasteiger partial charge is 0.0516 e. The van der Waals surface area contributed by atoms with E-state index in [1.54, 1.807) is 5.56 Å². The maximum absolute atomic E-state index is 6.00. The molecule has 3 N–H and O–H groups in total. The molecule has 3 rings (SSSR count). The zero-order valence-corrected chi connectivity index (χ0v) is 12.7. The van der Waals surface area contributed by atoms with Gasteiger partial charge in [0.1, 0.15) is 0 Å². The third-order valence-corrected chi connectivity index (χ3v) is 5.71. The van der Waals surface area contributed by atoms with Gasteiger partial charge < -0.3 is 0 Å². The molecule has 0 aromatic heterocycles. The molecule has 1 aromatic rings. The largest absolute Gasteiger partial charge is 0.271 e. The standard InChI is InChI=1S/C18H28N2/c1-18(12-5-2-6-13-18)17(20-19)16-11-4-3-10-15(16)14-8-7-9-14/h3-4,10-11,14,17,20H,2,5-9,12-13,19H2,1H3. The zero-order chi connectivity index (χ0) is 14.0. The SMILES string of the molecule is CC1(C(NN)c2ccccc2C2CCC2)CCCCC1. The van der Waals surface area contributed by atoms with Crippen molar-refractivity contribution in [1.29, 1.82) is 0 Å². The van der Waals surface area contributed by atoms with Gasteiger partial charge in [0, 0.05) is 0 Å². The predicted octanol–water partition coefficient (Wildman–Crippen LogP) is 4.43. The van der Waals surface area contributed by atoms with Crippen molar-refractivity contribution >= 4 is 0 Å². The summed E-state index contributed by atoms with van der Waals surface area (Å²) in [5, 5.41) is 0. The summed E-state index contributed by atoms with van der Waals surface area (Å²) in [6.45, 7) is 2.42. The fourth-order valence-electron chi connectivity index (χ4n) is 4.18. The van der Waals surface area contributed by atoms with E-state index in [0.717, 1.165) is 5.92 Å². The van der Waals surface area contributed by atoms with Crippen LogP contribution in [0.25, 0.3) is 0 Å². The molecule has 2 nitrogen and oxygen atoms in total. The molecule has 2 saturated carbocycles. The van der Waals surface area contributed by atoms with Gasteiger partial charge in [-0.3, -0.25) is 11.3 Å². The van der Waals surface area contributed by atoms with Crippen molar-refractivity contribution in [3.8, 4) is 0 Å². The second kappa shape index (κ2) is 5.87. The van der Waals surface area contributed by atoms with Crippen molar-refractivity contribution in [3.63, 3.8) is 0 Å². The second-order valence-electron chi connectivity index (χ2n) is 7.07. The monoisotopic (exact) mass is 272 g/mol. The summed E-state index contributed by atoms with van der Waals surface area (Å²) in [6, 6.07) is 9.30. The Hall–Kier alpha value is -0.860. The molecule has 1 unspecified atom stereocenters. The van der Waals surface area contributed by atoms with E-state index in [-0.39, 0.29) is 0 Å². The van der Waals surface area contributed by atoms with Gasteiger partial charge in [-0.2, -0.15) is 0 Å². The summed E-state index contributed by atoms with van der Waals surface area (Å²) in [5.74, 6) is 6.77. The molecule has 0 amide bonds. The van der Waals surface area contributed by atoms with Gasteiger partial charge in [0.25, 0.3) is 0 Å². The number of nitrogens with two attached hydrogens (primary N) is 1. The molecule has 1 atom stereocenters. The lowest BCUT2D eigenvalue weighted by molar-refractivity contribution is 0.144. The van der Waals surface area contributed by atoms with Crippen molar-refractivity contribution in [3.05, 3.63) is 35.4 Å². The molecule has 0 heterocycles. The number of hydrogen-bond acceptors (Lipinski definition) is 2. The Morgan fingerprint density at radius 2 is 1.80 bits per heavy atom. The van der Waals surface area contributed by atoms with Crippen molar-refractivity contribution in [2.24, 2.45) is 11.3 Å². The van der Waals surface area contributed by atoms with E-state index in [1.807, 2.05) is 0 Å². The van der Waals surface area contributed by atoms with Crippen LogP contribution in [0.5, 0.6) is 0 Å². The summed E-state index contributed by atoms with van der Waals surface area (Å²) in [4.78, 5) is 0. The third-order valence-electron chi connectivity index (χ3n) is 5.71. The highest BCUT2D eigenvalue weighted by Gasteiger charge is 2.37. The van der Waals surface area contributed by atoms with Gasteiger partial charge in [-0.1, -0.05) is 56.9 Å². The van der Waals surface area contributed by atoms with E-state index in [4.69, 9.17) is 5.84 Å². The van der Waals surface area contributed by atoms with Gasteiger partial charge in [0.05, 0.1) is 6.04 Å². The molecule has 110 valence electrons. The molecule has 0 radical (unpaired) electrons. The van der Waals surface area contributed by atoms with Crippen LogP contribution in [0.1, 0.15) is 81.4 Å². The summed E-state index contributed by atoms with van der Waals surface area (Å²) in [6.07, 6.45) is 10.8. The molecular weight excluding hydrogens is 244 g/mol. The highest BCUT2D eigenvalue weighted by molar-refractivity contribution is 5.35. The average Bonchev–Trinajstić information content (AvgIpc) is 2.40. The van der Waals surface area contributed by atoms with Crippen LogP contribution in [0.3, 0.4) is 0 Å². The van der Waals surface area contributed by atoms with Crippen molar-refractivity contribution < 1.29 is 0 Å². The Bertz CT molecular complexity index is 444. The number of rotatable bonds is 4. The van der Waals surface area contributed by atoms with Crippen LogP contribution < -0.4 is 11.3 Å². The first-order chi connectivity index (χ1) is 9.74. The Morgan fingerprint density at radius 1 is 1.10 bits per heavy atom. The van der Waals surface area contributed by atoms with Crippen LogP contribution in [0.2, 0.25) is 0 Å². The van der Waals surface area contributed by atoms with E-state index in [1.165, 1.54) is 56.9 Å². The van der Waals surface area contributed by atoms with Crippen LogP contribution in [0.15, 0.2) is 24.3 Å². The van der Waals surface area contributed by atoms with Gasteiger partial charge in [0.15, 0.2) is 0 Å². The Morgan fingerprint density at radius 3 is 2.40 bits per heavy atom. The molecule has 2 aliphatic rings. The highest BCUT2D eigenvalue weighted by Crippen LogP contribution is 2.48. The second-order valence-corrected chi connectivity index (χ2v) is 7.07. The molecule has 20 heavy (non-hydrogen) atoms. The summed E-state index contributed by atoms with van der Waals surface area (Å²) >= 11 is 0. The van der Waals surface area contributed by atoms with Crippen LogP contribution >= 0.6 is 0 Å². The lowest BCUT2D eigenvalue weighted by Gasteiger charge is -2.42. The van der Waals surface area contributed by atoms with E-state index < -0.39 is 0 Å². The van der Waals surface area contributed by atoms with Crippen LogP contribution in [-0.2, 0) is 0 Å². The molecule has 0 bridgehead atoms. The van der Waals surface area contributed by atoms with Gasteiger partial charge in [0.2, 0.25) is 0 Å². The molecule has 0 aliphatic heterocycles. The van der Waals surface area contributed by atoms with Crippen molar-refractivity contribution in [2.45, 2.75) is 70.3 Å². The number of benzene rings is 1. The molecular formula is C18H28N2. The van der Waals surface area contributed by atoms with E-state index >= 15 is 0 Å². The first-order valence-electron chi connectivity index (χ1n) is 8.29. The van der Waals surface area contributed by atoms with Gasteiger partial charge in [-0.25, -0.2) is 0 Å². The van der Waals surface area contributed by atoms with E-state index in [2.05, 4.69) is 36.6 Å². The molecule has 1 aromatic carbocycles. The fourth-order valence-corrected chi connectivity index (χ4v) is 4.18. The third kappa shape index (κ3) is 2.51. The van der Waals surface area contributed by atoms with Crippen LogP contribution in [0.4, 0.5) is 0 Å². The minimum Gasteiger partial charge on any atom is -0.271 e. The summed E-state index contributed by atoms with van der Waals surface area (Å²) < 4.78 is 0. The van der Waals surface area contributed by atoms with Crippen molar-refractivity contribution in [2.75, 3.05) is 0 Å². The predicted molar refractivity (Wildman–Crippen MR) is 84.3 cm³/mol. The summed E-state index contributed by atoms with van der Waals surface area (Å²) in [5.41, 5.74) is 6.50. The number of nitrogens with one attached hydrogen (secondary N) is 1. The maximum Gasteiger partial charge on any atom is 0.0516 e. The van der Waals surface area contributed by atoms with Gasteiger partial charge in [-0.05, 0) is 48.1 Å². The Kier molecular flexibility index (Phi) is 4.13. The summed E-state index contributed by atoms with van der Waals surface area (Å²) in [7, 11) is 0. The molecule has 2 heteroatoms. The normalized spacial score (nSPS) is 24.1. The van der Waals surface area contributed by atoms with Crippen molar-refractivity contribution in [1.82, 2.24) is 5.43 Å². The topological polar surface area (TPSA) is 38.0 Å². The minimum absolute atomic E-state index is 0.305. The van der Waals surface area contributed by atoms with E-state index in [9.17, 15) is 0 Å².